The van der Waals surface area contributed by atoms with Gasteiger partial charge in [0.25, 0.3) is 5.91 Å². The standard InChI is InChI=1S/C24H24ClN3O4S/c1-5-20-24(30)28(11-23(29)27-17-8-13(2)16(25)10-22(17)31-4)19-9-15(6-7-21(19)32-20)18-12-33-14(3)26-18/h6-10,12,20H,5,11H2,1-4H3,(H,27,29). The molecule has 1 aromatic heterocycles. The third kappa shape index (κ3) is 4.67. The quantitative estimate of drug-likeness (QED) is 0.517. The van der Waals surface area contributed by atoms with Crippen LogP contribution < -0.4 is 19.7 Å². The van der Waals surface area contributed by atoms with Gasteiger partial charge in [0.05, 0.1) is 29.2 Å². The molecule has 0 radical (unpaired) electrons. The van der Waals surface area contributed by atoms with E-state index in [1.165, 1.54) is 12.0 Å². The minimum atomic E-state index is -0.648. The smallest absolute Gasteiger partial charge is 0.268 e. The van der Waals surface area contributed by atoms with Crippen molar-refractivity contribution in [2.75, 3.05) is 23.9 Å². The van der Waals surface area contributed by atoms with Gasteiger partial charge in [-0.05, 0) is 50.1 Å². The lowest BCUT2D eigenvalue weighted by atomic mass is 10.1. The summed E-state index contributed by atoms with van der Waals surface area (Å²) in [6, 6.07) is 8.97. The molecule has 4 rings (SSSR count). The van der Waals surface area contributed by atoms with Crippen LogP contribution in [-0.4, -0.2) is 36.6 Å². The number of anilines is 2. The summed E-state index contributed by atoms with van der Waals surface area (Å²) in [5.41, 5.74) is 3.50. The summed E-state index contributed by atoms with van der Waals surface area (Å²) in [7, 11) is 1.51. The topological polar surface area (TPSA) is 80.8 Å². The normalized spacial score (nSPS) is 15.1. The molecule has 1 atom stereocenters. The van der Waals surface area contributed by atoms with Gasteiger partial charge >= 0.3 is 0 Å². The van der Waals surface area contributed by atoms with Crippen LogP contribution in [0.4, 0.5) is 11.4 Å². The molecule has 33 heavy (non-hydrogen) atoms. The van der Waals surface area contributed by atoms with Gasteiger partial charge in [0.15, 0.2) is 6.10 Å². The number of rotatable bonds is 6. The number of benzene rings is 2. The van der Waals surface area contributed by atoms with Gasteiger partial charge in [-0.1, -0.05) is 18.5 Å². The number of hydrogen-bond donors (Lipinski definition) is 1. The van der Waals surface area contributed by atoms with Crippen molar-refractivity contribution in [3.63, 3.8) is 0 Å². The third-order valence-electron chi connectivity index (χ3n) is 5.40. The molecular formula is C24H24ClN3O4S. The Morgan fingerprint density at radius 2 is 2.09 bits per heavy atom. The van der Waals surface area contributed by atoms with Crippen molar-refractivity contribution in [1.29, 1.82) is 0 Å². The number of hydrogen-bond acceptors (Lipinski definition) is 6. The van der Waals surface area contributed by atoms with E-state index in [4.69, 9.17) is 21.1 Å². The molecule has 9 heteroatoms. The maximum Gasteiger partial charge on any atom is 0.268 e. The van der Waals surface area contributed by atoms with E-state index in [9.17, 15) is 9.59 Å². The van der Waals surface area contributed by atoms with E-state index in [2.05, 4.69) is 10.3 Å². The zero-order valence-corrected chi connectivity index (χ0v) is 20.3. The highest BCUT2D eigenvalue weighted by Crippen LogP contribution is 2.38. The first kappa shape index (κ1) is 23.1. The fourth-order valence-corrected chi connectivity index (χ4v) is 4.44. The van der Waals surface area contributed by atoms with Gasteiger partial charge in [-0.2, -0.15) is 0 Å². The Hall–Kier alpha value is -3.10. The second-order valence-electron chi connectivity index (χ2n) is 7.72. The molecule has 7 nitrogen and oxygen atoms in total. The number of fused-ring (bicyclic) bond motifs is 1. The van der Waals surface area contributed by atoms with E-state index in [-0.39, 0.29) is 18.4 Å². The molecule has 0 fully saturated rings. The highest BCUT2D eigenvalue weighted by Gasteiger charge is 2.35. The number of thiazole rings is 1. The van der Waals surface area contributed by atoms with E-state index in [1.54, 1.807) is 23.5 Å². The summed E-state index contributed by atoms with van der Waals surface area (Å²) < 4.78 is 11.3. The van der Waals surface area contributed by atoms with E-state index in [0.717, 1.165) is 21.8 Å². The average molecular weight is 486 g/mol. The molecule has 0 aliphatic carbocycles. The highest BCUT2D eigenvalue weighted by atomic mass is 35.5. The predicted octanol–water partition coefficient (Wildman–Crippen LogP) is 5.23. The van der Waals surface area contributed by atoms with Crippen LogP contribution >= 0.6 is 22.9 Å². The van der Waals surface area contributed by atoms with E-state index in [1.807, 2.05) is 44.4 Å². The van der Waals surface area contributed by atoms with Crippen LogP contribution in [0.25, 0.3) is 11.3 Å². The number of carbonyl (C=O) groups is 2. The van der Waals surface area contributed by atoms with Crippen molar-refractivity contribution in [3.8, 4) is 22.8 Å². The van der Waals surface area contributed by atoms with Crippen LogP contribution in [0, 0.1) is 13.8 Å². The van der Waals surface area contributed by atoms with Gasteiger partial charge in [0.1, 0.15) is 18.0 Å². The van der Waals surface area contributed by atoms with Crippen molar-refractivity contribution in [3.05, 3.63) is 51.3 Å². The number of halogens is 1. The van der Waals surface area contributed by atoms with Crippen molar-refractivity contribution in [2.24, 2.45) is 0 Å². The van der Waals surface area contributed by atoms with Gasteiger partial charge in [-0.25, -0.2) is 4.98 Å². The van der Waals surface area contributed by atoms with Crippen molar-refractivity contribution in [1.82, 2.24) is 4.98 Å². The second-order valence-corrected chi connectivity index (χ2v) is 9.19. The largest absolute Gasteiger partial charge is 0.495 e. The molecule has 0 spiro atoms. The lowest BCUT2D eigenvalue weighted by molar-refractivity contribution is -0.128. The van der Waals surface area contributed by atoms with Crippen LogP contribution in [0.5, 0.6) is 11.5 Å². The van der Waals surface area contributed by atoms with Crippen LogP contribution in [0.3, 0.4) is 0 Å². The van der Waals surface area contributed by atoms with Crippen LogP contribution in [-0.2, 0) is 9.59 Å². The molecule has 2 aromatic carbocycles. The Bertz CT molecular complexity index is 1230. The van der Waals surface area contributed by atoms with Crippen LogP contribution in [0.15, 0.2) is 35.7 Å². The summed E-state index contributed by atoms with van der Waals surface area (Å²) in [5, 5.41) is 6.29. The first-order valence-corrected chi connectivity index (χ1v) is 11.7. The zero-order chi connectivity index (χ0) is 23.7. The van der Waals surface area contributed by atoms with E-state index >= 15 is 0 Å². The number of amides is 2. The minimum Gasteiger partial charge on any atom is -0.495 e. The number of nitrogens with zero attached hydrogens (tertiary/aromatic N) is 2. The van der Waals surface area contributed by atoms with Crippen LogP contribution in [0.2, 0.25) is 5.02 Å². The summed E-state index contributed by atoms with van der Waals surface area (Å²) >= 11 is 7.72. The number of methoxy groups -OCH3 is 1. The number of nitrogens with one attached hydrogen (secondary N) is 1. The zero-order valence-electron chi connectivity index (χ0n) is 18.8. The molecule has 2 amide bonds. The Kier molecular flexibility index (Phi) is 6.58. The number of carbonyl (C=O) groups excluding carboxylic acids is 2. The predicted molar refractivity (Wildman–Crippen MR) is 131 cm³/mol. The number of aryl methyl sites for hydroxylation is 2. The molecule has 1 aliphatic rings. The summed E-state index contributed by atoms with van der Waals surface area (Å²) in [6.45, 7) is 5.48. The molecule has 2 heterocycles. The Morgan fingerprint density at radius 3 is 2.76 bits per heavy atom. The highest BCUT2D eigenvalue weighted by molar-refractivity contribution is 7.09. The van der Waals surface area contributed by atoms with Gasteiger partial charge in [0, 0.05) is 22.0 Å². The third-order valence-corrected chi connectivity index (χ3v) is 6.58. The SMILES string of the molecule is CCC1Oc2ccc(-c3csc(C)n3)cc2N(CC(=O)Nc2cc(C)c(Cl)cc2OC)C1=O. The monoisotopic (exact) mass is 485 g/mol. The lowest BCUT2D eigenvalue weighted by Gasteiger charge is -2.34. The second kappa shape index (κ2) is 9.41. The summed E-state index contributed by atoms with van der Waals surface area (Å²) in [4.78, 5) is 32.2. The average Bonchev–Trinajstić information content (AvgIpc) is 3.23. The molecule has 1 unspecified atom stereocenters. The van der Waals surface area contributed by atoms with Gasteiger partial charge in [-0.3, -0.25) is 14.5 Å². The Labute approximate surface area is 201 Å². The molecule has 0 saturated carbocycles. The molecule has 0 saturated heterocycles. The molecule has 0 bridgehead atoms. The summed E-state index contributed by atoms with van der Waals surface area (Å²) in [6.07, 6.45) is -0.154. The van der Waals surface area contributed by atoms with Gasteiger partial charge < -0.3 is 14.8 Å². The molecule has 3 aromatic rings. The van der Waals surface area contributed by atoms with Crippen LogP contribution in [0.1, 0.15) is 23.9 Å². The molecule has 1 N–H and O–H groups in total. The Morgan fingerprint density at radius 1 is 1.30 bits per heavy atom. The van der Waals surface area contributed by atoms with Crippen molar-refractivity contribution >= 4 is 46.1 Å². The fraction of sp³-hybridized carbons (Fsp3) is 0.292. The maximum atomic E-state index is 13.1. The molecular weight excluding hydrogens is 462 g/mol. The fourth-order valence-electron chi connectivity index (χ4n) is 3.66. The maximum absolute atomic E-state index is 13.1. The number of ether oxygens (including phenoxy) is 2. The molecule has 1 aliphatic heterocycles. The minimum absolute atomic E-state index is 0.171. The van der Waals surface area contributed by atoms with Gasteiger partial charge in [-0.15, -0.1) is 11.3 Å². The number of aromatic nitrogens is 1. The van der Waals surface area contributed by atoms with Crippen molar-refractivity contribution in [2.45, 2.75) is 33.3 Å². The Balaban J connectivity index is 1.65. The first-order chi connectivity index (χ1) is 15.8. The lowest BCUT2D eigenvalue weighted by Crippen LogP contribution is -2.48. The van der Waals surface area contributed by atoms with Gasteiger partial charge in [0.2, 0.25) is 5.91 Å². The molecule has 172 valence electrons. The van der Waals surface area contributed by atoms with E-state index < -0.39 is 6.10 Å². The van der Waals surface area contributed by atoms with Crippen molar-refractivity contribution < 1.29 is 19.1 Å². The summed E-state index contributed by atoms with van der Waals surface area (Å²) in [5.74, 6) is 0.386. The first-order valence-electron chi connectivity index (χ1n) is 10.5. The van der Waals surface area contributed by atoms with E-state index in [0.29, 0.717) is 34.3 Å².